The number of rotatable bonds is 7. The van der Waals surface area contributed by atoms with E-state index in [1.54, 1.807) is 7.11 Å². The molecule has 1 rings (SSSR count). The number of methoxy groups -OCH3 is 1. The van der Waals surface area contributed by atoms with Crippen LogP contribution in [0.3, 0.4) is 0 Å². The van der Waals surface area contributed by atoms with E-state index in [2.05, 4.69) is 38.2 Å². The third kappa shape index (κ3) is 5.73. The lowest BCUT2D eigenvalue weighted by atomic mass is 10.0. The number of hydrogen-bond acceptors (Lipinski definition) is 2. The lowest BCUT2D eigenvalue weighted by Gasteiger charge is -2.15. The van der Waals surface area contributed by atoms with Gasteiger partial charge in [0, 0.05) is 12.6 Å². The molecule has 0 saturated carbocycles. The molecule has 1 aromatic rings. The molecule has 0 spiro atoms. The van der Waals surface area contributed by atoms with Crippen molar-refractivity contribution >= 4 is 0 Å². The van der Waals surface area contributed by atoms with Crippen LogP contribution in [0.4, 0.5) is 0 Å². The lowest BCUT2D eigenvalue weighted by Crippen LogP contribution is -2.25. The molecule has 0 fully saturated rings. The fourth-order valence-electron chi connectivity index (χ4n) is 1.72. The minimum Gasteiger partial charge on any atom is -0.497 e. The fourth-order valence-corrected chi connectivity index (χ4v) is 1.72. The van der Waals surface area contributed by atoms with E-state index in [4.69, 9.17) is 4.74 Å². The van der Waals surface area contributed by atoms with Crippen LogP contribution in [-0.2, 0) is 6.54 Å². The van der Waals surface area contributed by atoms with Crippen LogP contribution in [0.15, 0.2) is 24.3 Å². The molecule has 1 N–H and O–H groups in total. The molecule has 2 heteroatoms. The van der Waals surface area contributed by atoms with E-state index < -0.39 is 0 Å². The number of nitrogens with one attached hydrogen (secondary N) is 1. The molecule has 96 valence electrons. The molecule has 2 nitrogen and oxygen atoms in total. The summed E-state index contributed by atoms with van der Waals surface area (Å²) in [5, 5.41) is 3.55. The quantitative estimate of drug-likeness (QED) is 0.779. The van der Waals surface area contributed by atoms with Crippen molar-refractivity contribution in [2.45, 2.75) is 46.2 Å². The van der Waals surface area contributed by atoms with Crippen LogP contribution in [0.1, 0.15) is 39.2 Å². The van der Waals surface area contributed by atoms with Crippen molar-refractivity contribution in [1.82, 2.24) is 5.32 Å². The highest BCUT2D eigenvalue weighted by Gasteiger charge is 2.03. The van der Waals surface area contributed by atoms with Crippen molar-refractivity contribution in [2.24, 2.45) is 5.92 Å². The van der Waals surface area contributed by atoms with Gasteiger partial charge in [0.15, 0.2) is 0 Å². The maximum atomic E-state index is 5.14. The first-order valence-corrected chi connectivity index (χ1v) is 6.48. The van der Waals surface area contributed by atoms with Crippen LogP contribution in [0.25, 0.3) is 0 Å². The predicted octanol–water partition coefficient (Wildman–Crippen LogP) is 3.61. The maximum Gasteiger partial charge on any atom is 0.118 e. The summed E-state index contributed by atoms with van der Waals surface area (Å²) >= 11 is 0. The standard InChI is InChI=1S/C15H25NO/c1-12(2)5-6-13(3)16-11-14-7-9-15(17-4)10-8-14/h7-10,12-13,16H,5-6,11H2,1-4H3. The van der Waals surface area contributed by atoms with Gasteiger partial charge in [-0.25, -0.2) is 0 Å². The van der Waals surface area contributed by atoms with E-state index in [0.717, 1.165) is 18.2 Å². The molecule has 0 aliphatic carbocycles. The Morgan fingerprint density at radius 2 is 1.71 bits per heavy atom. The second-order valence-electron chi connectivity index (χ2n) is 5.10. The van der Waals surface area contributed by atoms with Gasteiger partial charge in [0.05, 0.1) is 7.11 Å². The highest BCUT2D eigenvalue weighted by Crippen LogP contribution is 2.12. The van der Waals surface area contributed by atoms with Gasteiger partial charge in [-0.15, -0.1) is 0 Å². The van der Waals surface area contributed by atoms with Crippen LogP contribution >= 0.6 is 0 Å². The first-order valence-electron chi connectivity index (χ1n) is 6.48. The first-order chi connectivity index (χ1) is 8.11. The Morgan fingerprint density at radius 1 is 1.06 bits per heavy atom. The summed E-state index contributed by atoms with van der Waals surface area (Å²) < 4.78 is 5.14. The second-order valence-corrected chi connectivity index (χ2v) is 5.10. The normalized spacial score (nSPS) is 12.8. The molecule has 0 heterocycles. The van der Waals surface area contributed by atoms with Crippen LogP contribution in [-0.4, -0.2) is 13.2 Å². The van der Waals surface area contributed by atoms with Gasteiger partial charge in [0.1, 0.15) is 5.75 Å². The Bertz CT molecular complexity index is 305. The van der Waals surface area contributed by atoms with Crippen molar-refractivity contribution in [3.05, 3.63) is 29.8 Å². The minimum atomic E-state index is 0.583. The van der Waals surface area contributed by atoms with E-state index in [9.17, 15) is 0 Å². The minimum absolute atomic E-state index is 0.583. The molecule has 17 heavy (non-hydrogen) atoms. The smallest absolute Gasteiger partial charge is 0.118 e. The number of ether oxygens (including phenoxy) is 1. The zero-order chi connectivity index (χ0) is 12.7. The van der Waals surface area contributed by atoms with Gasteiger partial charge in [-0.3, -0.25) is 0 Å². The molecule has 0 amide bonds. The molecule has 1 aromatic carbocycles. The molecule has 0 aromatic heterocycles. The predicted molar refractivity (Wildman–Crippen MR) is 73.4 cm³/mol. The summed E-state index contributed by atoms with van der Waals surface area (Å²) in [7, 11) is 1.70. The van der Waals surface area contributed by atoms with Crippen LogP contribution in [0.5, 0.6) is 5.75 Å². The Labute approximate surface area is 105 Å². The van der Waals surface area contributed by atoms with Gasteiger partial charge in [-0.2, -0.15) is 0 Å². The Hall–Kier alpha value is -1.02. The molecule has 0 aliphatic heterocycles. The molecular weight excluding hydrogens is 210 g/mol. The lowest BCUT2D eigenvalue weighted by molar-refractivity contribution is 0.414. The van der Waals surface area contributed by atoms with Crippen molar-refractivity contribution < 1.29 is 4.74 Å². The average Bonchev–Trinajstić information content (AvgIpc) is 2.34. The van der Waals surface area contributed by atoms with Crippen LogP contribution in [0.2, 0.25) is 0 Å². The largest absolute Gasteiger partial charge is 0.497 e. The molecule has 1 atom stereocenters. The zero-order valence-electron chi connectivity index (χ0n) is 11.5. The molecule has 1 unspecified atom stereocenters. The Morgan fingerprint density at radius 3 is 2.24 bits per heavy atom. The zero-order valence-corrected chi connectivity index (χ0v) is 11.5. The number of benzene rings is 1. The summed E-state index contributed by atoms with van der Waals surface area (Å²) in [6, 6.07) is 8.83. The van der Waals surface area contributed by atoms with E-state index in [1.807, 2.05) is 12.1 Å². The van der Waals surface area contributed by atoms with Gasteiger partial charge < -0.3 is 10.1 Å². The molecule has 0 aliphatic rings. The van der Waals surface area contributed by atoms with E-state index in [0.29, 0.717) is 6.04 Å². The fraction of sp³-hybridized carbons (Fsp3) is 0.600. The van der Waals surface area contributed by atoms with Crippen molar-refractivity contribution in [2.75, 3.05) is 7.11 Å². The molecular formula is C15H25NO. The number of hydrogen-bond donors (Lipinski definition) is 1. The summed E-state index contributed by atoms with van der Waals surface area (Å²) in [6.45, 7) is 7.74. The topological polar surface area (TPSA) is 21.3 Å². The average molecular weight is 235 g/mol. The monoisotopic (exact) mass is 235 g/mol. The van der Waals surface area contributed by atoms with E-state index >= 15 is 0 Å². The third-order valence-electron chi connectivity index (χ3n) is 2.99. The van der Waals surface area contributed by atoms with Gasteiger partial charge in [-0.05, 0) is 43.4 Å². The van der Waals surface area contributed by atoms with Gasteiger partial charge in [0.2, 0.25) is 0 Å². The van der Waals surface area contributed by atoms with Crippen LogP contribution in [0, 0.1) is 5.92 Å². The third-order valence-corrected chi connectivity index (χ3v) is 2.99. The molecule has 0 saturated heterocycles. The molecule has 0 radical (unpaired) electrons. The highest BCUT2D eigenvalue weighted by atomic mass is 16.5. The molecule has 0 bridgehead atoms. The SMILES string of the molecule is COc1ccc(CNC(C)CCC(C)C)cc1. The summed E-state index contributed by atoms with van der Waals surface area (Å²) in [4.78, 5) is 0. The van der Waals surface area contributed by atoms with Crippen molar-refractivity contribution in [3.63, 3.8) is 0 Å². The van der Waals surface area contributed by atoms with E-state index in [1.165, 1.54) is 18.4 Å². The van der Waals surface area contributed by atoms with Crippen LogP contribution < -0.4 is 10.1 Å². The van der Waals surface area contributed by atoms with Gasteiger partial charge in [0.25, 0.3) is 0 Å². The van der Waals surface area contributed by atoms with E-state index in [-0.39, 0.29) is 0 Å². The Kier molecular flexibility index (Phi) is 6.06. The van der Waals surface area contributed by atoms with Crippen molar-refractivity contribution in [3.8, 4) is 5.75 Å². The van der Waals surface area contributed by atoms with Gasteiger partial charge in [-0.1, -0.05) is 26.0 Å². The summed E-state index contributed by atoms with van der Waals surface area (Å²) in [5.74, 6) is 1.71. The Balaban J connectivity index is 2.29. The first kappa shape index (κ1) is 14.0. The summed E-state index contributed by atoms with van der Waals surface area (Å²) in [5.41, 5.74) is 1.31. The van der Waals surface area contributed by atoms with Gasteiger partial charge >= 0.3 is 0 Å². The highest BCUT2D eigenvalue weighted by molar-refractivity contribution is 5.26. The second kappa shape index (κ2) is 7.33. The summed E-state index contributed by atoms with van der Waals surface area (Å²) in [6.07, 6.45) is 2.53. The maximum absolute atomic E-state index is 5.14. The van der Waals surface area contributed by atoms with Crippen molar-refractivity contribution in [1.29, 1.82) is 0 Å².